The van der Waals surface area contributed by atoms with Crippen LogP contribution in [-0.4, -0.2) is 42.7 Å². The Morgan fingerprint density at radius 3 is 2.79 bits per heavy atom. The zero-order valence-corrected chi connectivity index (χ0v) is 8.53. The van der Waals surface area contributed by atoms with Crippen molar-refractivity contribution in [1.82, 2.24) is 5.32 Å². The fourth-order valence-electron chi connectivity index (χ4n) is 0.922. The number of amides is 1. The smallest absolute Gasteiger partial charge is 0.407 e. The molecular formula is C9H19NO4. The highest BCUT2D eigenvalue weighted by Gasteiger charge is 2.02. The normalized spacial score (nSPS) is 12.2. The molecule has 0 saturated heterocycles. The maximum Gasteiger partial charge on any atom is 0.407 e. The molecule has 0 aromatic rings. The first-order valence-electron chi connectivity index (χ1n) is 4.83. The minimum Gasteiger partial charge on any atom is -0.447 e. The molecule has 0 aliphatic carbocycles. The van der Waals surface area contributed by atoms with Crippen molar-refractivity contribution in [3.8, 4) is 0 Å². The number of rotatable bonds is 7. The highest BCUT2D eigenvalue weighted by molar-refractivity contribution is 5.66. The molecule has 5 nitrogen and oxygen atoms in total. The molecule has 0 aromatic heterocycles. The predicted molar refractivity (Wildman–Crippen MR) is 51.9 cm³/mol. The molecule has 0 radical (unpaired) electrons. The van der Waals surface area contributed by atoms with Gasteiger partial charge in [0.15, 0.2) is 0 Å². The number of ether oxygens (including phenoxy) is 1. The molecule has 0 heterocycles. The van der Waals surface area contributed by atoms with Crippen LogP contribution >= 0.6 is 0 Å². The van der Waals surface area contributed by atoms with Gasteiger partial charge in [0.1, 0.15) is 6.61 Å². The molecule has 0 bridgehead atoms. The van der Waals surface area contributed by atoms with Crippen LogP contribution in [0, 0.1) is 5.92 Å². The average Bonchev–Trinajstić information content (AvgIpc) is 2.21. The lowest BCUT2D eigenvalue weighted by molar-refractivity contribution is 0.119. The number of hydrogen-bond donors (Lipinski definition) is 3. The summed E-state index contributed by atoms with van der Waals surface area (Å²) in [5.74, 6) is 0.269. The van der Waals surface area contributed by atoms with E-state index in [0.29, 0.717) is 6.54 Å². The molecule has 14 heavy (non-hydrogen) atoms. The summed E-state index contributed by atoms with van der Waals surface area (Å²) in [5, 5.41) is 19.6. The molecule has 1 amide bonds. The lowest BCUT2D eigenvalue weighted by atomic mass is 10.1. The Hall–Kier alpha value is -0.810. The van der Waals surface area contributed by atoms with Gasteiger partial charge < -0.3 is 20.3 Å². The number of nitrogens with one attached hydrogen (secondary N) is 1. The van der Waals surface area contributed by atoms with Crippen LogP contribution < -0.4 is 5.32 Å². The van der Waals surface area contributed by atoms with Crippen molar-refractivity contribution >= 4 is 6.09 Å². The van der Waals surface area contributed by atoms with E-state index in [1.54, 1.807) is 0 Å². The zero-order valence-electron chi connectivity index (χ0n) is 8.53. The highest BCUT2D eigenvalue weighted by Crippen LogP contribution is 2.02. The number of aliphatic hydroxyl groups excluding tert-OH is 2. The fourth-order valence-corrected chi connectivity index (χ4v) is 0.922. The third kappa shape index (κ3) is 7.82. The molecule has 84 valence electrons. The fraction of sp³-hybridized carbons (Fsp3) is 0.889. The first-order chi connectivity index (χ1) is 6.70. The minimum absolute atomic E-state index is 0.0267. The molecule has 1 atom stereocenters. The second kappa shape index (κ2) is 8.77. The molecule has 3 N–H and O–H groups in total. The van der Waals surface area contributed by atoms with E-state index >= 15 is 0 Å². The molecule has 0 spiro atoms. The molecule has 5 heteroatoms. The number of alkyl carbamates (subject to hydrolysis) is 1. The van der Waals surface area contributed by atoms with Gasteiger partial charge in [-0.15, -0.1) is 0 Å². The van der Waals surface area contributed by atoms with Gasteiger partial charge in [-0.2, -0.15) is 0 Å². The van der Waals surface area contributed by atoms with E-state index < -0.39 is 6.09 Å². The van der Waals surface area contributed by atoms with Gasteiger partial charge in [-0.25, -0.2) is 4.79 Å². The summed E-state index contributed by atoms with van der Waals surface area (Å²) in [6.07, 6.45) is 1.18. The Bertz CT molecular complexity index is 152. The van der Waals surface area contributed by atoms with Gasteiger partial charge in [0.25, 0.3) is 0 Å². The summed E-state index contributed by atoms with van der Waals surface area (Å²) in [7, 11) is 0. The van der Waals surface area contributed by atoms with Crippen molar-refractivity contribution in [2.24, 2.45) is 5.92 Å². The third-order valence-electron chi connectivity index (χ3n) is 1.78. The minimum atomic E-state index is -0.504. The van der Waals surface area contributed by atoms with E-state index in [0.717, 1.165) is 12.8 Å². The van der Waals surface area contributed by atoms with Crippen LogP contribution in [0.15, 0.2) is 0 Å². The van der Waals surface area contributed by atoms with Gasteiger partial charge in [0, 0.05) is 13.2 Å². The van der Waals surface area contributed by atoms with Crippen LogP contribution in [-0.2, 0) is 4.74 Å². The SMILES string of the molecule is CC(CO)CCCNC(=O)OCCO. The second-order valence-corrected chi connectivity index (χ2v) is 3.22. The van der Waals surface area contributed by atoms with E-state index in [2.05, 4.69) is 10.1 Å². The van der Waals surface area contributed by atoms with Gasteiger partial charge in [-0.1, -0.05) is 6.92 Å². The molecule has 0 rings (SSSR count). The number of carbonyl (C=O) groups is 1. The summed E-state index contributed by atoms with van der Waals surface area (Å²) in [5.41, 5.74) is 0. The number of aliphatic hydroxyl groups is 2. The standard InChI is InChI=1S/C9H19NO4/c1-8(7-12)3-2-4-10-9(13)14-6-5-11/h8,11-12H,2-7H2,1H3,(H,10,13). The largest absolute Gasteiger partial charge is 0.447 e. The first kappa shape index (κ1) is 13.2. The summed E-state index contributed by atoms with van der Waals surface area (Å²) in [6, 6.07) is 0. The maximum absolute atomic E-state index is 10.8. The number of hydrogen-bond acceptors (Lipinski definition) is 4. The van der Waals surface area contributed by atoms with Crippen molar-refractivity contribution in [3.63, 3.8) is 0 Å². The van der Waals surface area contributed by atoms with Gasteiger partial charge in [0.05, 0.1) is 6.61 Å². The van der Waals surface area contributed by atoms with Crippen LogP contribution in [0.5, 0.6) is 0 Å². The van der Waals surface area contributed by atoms with Crippen molar-refractivity contribution in [1.29, 1.82) is 0 Å². The lowest BCUT2D eigenvalue weighted by Gasteiger charge is -2.08. The zero-order chi connectivity index (χ0) is 10.8. The molecule has 0 saturated carbocycles. The Balaban J connectivity index is 3.22. The predicted octanol–water partition coefficient (Wildman–Crippen LogP) is 0.113. The summed E-state index contributed by atoms with van der Waals surface area (Å²) in [6.45, 7) is 2.53. The Kier molecular flexibility index (Phi) is 8.27. The van der Waals surface area contributed by atoms with Crippen LogP contribution in [0.1, 0.15) is 19.8 Å². The van der Waals surface area contributed by atoms with E-state index in [1.165, 1.54) is 0 Å². The summed E-state index contributed by atoms with van der Waals surface area (Å²) in [4.78, 5) is 10.8. The Morgan fingerprint density at radius 1 is 1.50 bits per heavy atom. The average molecular weight is 205 g/mol. The molecule has 0 aliphatic heterocycles. The monoisotopic (exact) mass is 205 g/mol. The molecular weight excluding hydrogens is 186 g/mol. The number of carbonyl (C=O) groups excluding carboxylic acids is 1. The third-order valence-corrected chi connectivity index (χ3v) is 1.78. The van der Waals surface area contributed by atoms with Crippen molar-refractivity contribution in [2.45, 2.75) is 19.8 Å². The van der Waals surface area contributed by atoms with E-state index in [1.807, 2.05) is 6.92 Å². The Morgan fingerprint density at radius 2 is 2.21 bits per heavy atom. The topological polar surface area (TPSA) is 78.8 Å². The van der Waals surface area contributed by atoms with Crippen LogP contribution in [0.25, 0.3) is 0 Å². The van der Waals surface area contributed by atoms with Crippen LogP contribution in [0.3, 0.4) is 0 Å². The van der Waals surface area contributed by atoms with Crippen LogP contribution in [0.4, 0.5) is 4.79 Å². The molecule has 0 aliphatic rings. The van der Waals surface area contributed by atoms with Gasteiger partial charge in [-0.3, -0.25) is 0 Å². The quantitative estimate of drug-likeness (QED) is 0.515. The Labute approximate surface area is 84.1 Å². The van der Waals surface area contributed by atoms with Crippen LogP contribution in [0.2, 0.25) is 0 Å². The molecule has 0 fully saturated rings. The summed E-state index contributed by atoms with van der Waals surface area (Å²) < 4.78 is 4.58. The molecule has 0 aromatic carbocycles. The lowest BCUT2D eigenvalue weighted by Crippen LogP contribution is -2.26. The first-order valence-corrected chi connectivity index (χ1v) is 4.83. The molecule has 1 unspecified atom stereocenters. The van der Waals surface area contributed by atoms with Gasteiger partial charge >= 0.3 is 6.09 Å². The van der Waals surface area contributed by atoms with Crippen molar-refractivity contribution in [2.75, 3.05) is 26.4 Å². The second-order valence-electron chi connectivity index (χ2n) is 3.22. The van der Waals surface area contributed by atoms with Crippen molar-refractivity contribution < 1.29 is 19.7 Å². The summed E-state index contributed by atoms with van der Waals surface area (Å²) >= 11 is 0. The van der Waals surface area contributed by atoms with Crippen molar-refractivity contribution in [3.05, 3.63) is 0 Å². The van der Waals surface area contributed by atoms with E-state index in [9.17, 15) is 4.79 Å². The van der Waals surface area contributed by atoms with Gasteiger partial charge in [-0.05, 0) is 18.8 Å². The van der Waals surface area contributed by atoms with Gasteiger partial charge in [0.2, 0.25) is 0 Å². The van der Waals surface area contributed by atoms with E-state index in [-0.39, 0.29) is 25.7 Å². The highest BCUT2D eigenvalue weighted by atomic mass is 16.6. The van der Waals surface area contributed by atoms with E-state index in [4.69, 9.17) is 10.2 Å². The maximum atomic E-state index is 10.8.